The molecule has 31 heavy (non-hydrogen) atoms. The average molecular weight is 436 g/mol. The van der Waals surface area contributed by atoms with Crippen LogP contribution in [0, 0.1) is 40.4 Å². The normalized spacial score (nSPS) is 45.5. The SMILES string of the molecule is COC[C@]12CC[C@@H](O)C[C@@H]1CC[C@H]1[C@@H]3CC[C@H](C(=O)CNCC(C)NN)[C@@]3(C)CC[C@@H]12. The molecule has 4 fully saturated rings. The van der Waals surface area contributed by atoms with Gasteiger partial charge in [-0.1, -0.05) is 6.92 Å². The maximum absolute atomic E-state index is 13.2. The number of ether oxygens (including phenoxy) is 1. The molecule has 0 amide bonds. The predicted molar refractivity (Wildman–Crippen MR) is 122 cm³/mol. The van der Waals surface area contributed by atoms with Gasteiger partial charge in [-0.05, 0) is 99.2 Å². The molecule has 4 rings (SSSR count). The molecule has 1 unspecified atom stereocenters. The Kier molecular flexibility index (Phi) is 7.15. The summed E-state index contributed by atoms with van der Waals surface area (Å²) in [6.07, 6.45) is 9.99. The van der Waals surface area contributed by atoms with Gasteiger partial charge in [-0.15, -0.1) is 0 Å². The van der Waals surface area contributed by atoms with Gasteiger partial charge in [-0.3, -0.25) is 16.1 Å². The molecule has 0 aliphatic heterocycles. The second-order valence-electron chi connectivity index (χ2n) is 11.6. The number of methoxy groups -OCH3 is 1. The zero-order valence-electron chi connectivity index (χ0n) is 19.9. The lowest BCUT2D eigenvalue weighted by atomic mass is 9.44. The van der Waals surface area contributed by atoms with Gasteiger partial charge in [0.15, 0.2) is 0 Å². The van der Waals surface area contributed by atoms with Crippen LogP contribution in [0.1, 0.15) is 71.6 Å². The molecule has 0 aromatic heterocycles. The molecule has 0 aromatic rings. The minimum Gasteiger partial charge on any atom is -0.393 e. The first-order valence-electron chi connectivity index (χ1n) is 12.7. The van der Waals surface area contributed by atoms with Crippen molar-refractivity contribution in [2.45, 2.75) is 83.8 Å². The number of Topliss-reactive ketones (excluding diaryl/α,β-unsaturated/α-hetero) is 1. The summed E-state index contributed by atoms with van der Waals surface area (Å²) in [5.41, 5.74) is 3.12. The number of ketones is 1. The van der Waals surface area contributed by atoms with Crippen LogP contribution in [0.25, 0.3) is 0 Å². The van der Waals surface area contributed by atoms with E-state index in [1.165, 1.54) is 25.7 Å². The molecule has 0 heterocycles. The fraction of sp³-hybridized carbons (Fsp3) is 0.960. The Morgan fingerprint density at radius 1 is 1.16 bits per heavy atom. The van der Waals surface area contributed by atoms with E-state index in [0.717, 1.165) is 38.7 Å². The number of aliphatic hydroxyl groups is 1. The molecule has 4 aliphatic rings. The van der Waals surface area contributed by atoms with Crippen LogP contribution in [0.5, 0.6) is 0 Å². The first kappa shape index (κ1) is 23.6. The number of carbonyl (C=O) groups is 1. The maximum Gasteiger partial charge on any atom is 0.150 e. The molecule has 0 radical (unpaired) electrons. The Labute approximate surface area is 188 Å². The van der Waals surface area contributed by atoms with Gasteiger partial charge in [0, 0.05) is 25.6 Å². The van der Waals surface area contributed by atoms with Gasteiger partial charge in [-0.2, -0.15) is 0 Å². The topological polar surface area (TPSA) is 96.6 Å². The Hall–Kier alpha value is -0.530. The average Bonchev–Trinajstić information content (AvgIpc) is 3.11. The van der Waals surface area contributed by atoms with Crippen LogP contribution in [0.2, 0.25) is 0 Å². The Bertz CT molecular complexity index is 646. The number of fused-ring (bicyclic) bond motifs is 5. The highest BCUT2D eigenvalue weighted by molar-refractivity contribution is 5.84. The van der Waals surface area contributed by atoms with E-state index in [4.69, 9.17) is 10.6 Å². The van der Waals surface area contributed by atoms with Crippen LogP contribution in [-0.2, 0) is 9.53 Å². The lowest BCUT2D eigenvalue weighted by molar-refractivity contribution is -0.160. The van der Waals surface area contributed by atoms with E-state index in [-0.39, 0.29) is 28.9 Å². The lowest BCUT2D eigenvalue weighted by Crippen LogP contribution is -2.57. The van der Waals surface area contributed by atoms with Crippen LogP contribution in [0.3, 0.4) is 0 Å². The van der Waals surface area contributed by atoms with Crippen molar-refractivity contribution < 1.29 is 14.6 Å². The van der Waals surface area contributed by atoms with Gasteiger partial charge in [0.05, 0.1) is 19.3 Å². The number of hydrogen-bond donors (Lipinski definition) is 4. The molecule has 5 N–H and O–H groups in total. The van der Waals surface area contributed by atoms with Gasteiger partial charge in [-0.25, -0.2) is 0 Å². The minimum absolute atomic E-state index is 0.126. The molecule has 0 aromatic carbocycles. The summed E-state index contributed by atoms with van der Waals surface area (Å²) in [6.45, 7) is 6.46. The molecular weight excluding hydrogens is 390 g/mol. The molecule has 6 heteroatoms. The minimum atomic E-state index is -0.126. The summed E-state index contributed by atoms with van der Waals surface area (Å²) in [7, 11) is 1.85. The molecule has 4 aliphatic carbocycles. The van der Waals surface area contributed by atoms with Crippen molar-refractivity contribution >= 4 is 5.78 Å². The summed E-state index contributed by atoms with van der Waals surface area (Å²) in [5, 5.41) is 13.7. The van der Waals surface area contributed by atoms with Gasteiger partial charge in [0.2, 0.25) is 0 Å². The third-order valence-electron chi connectivity index (χ3n) is 10.2. The van der Waals surface area contributed by atoms with Gasteiger partial charge in [0.25, 0.3) is 0 Å². The van der Waals surface area contributed by atoms with E-state index < -0.39 is 0 Å². The van der Waals surface area contributed by atoms with Crippen molar-refractivity contribution in [2.24, 2.45) is 46.3 Å². The van der Waals surface area contributed by atoms with E-state index in [1.54, 1.807) is 0 Å². The number of nitrogens with one attached hydrogen (secondary N) is 2. The molecule has 4 saturated carbocycles. The molecular formula is C25H45N3O3. The van der Waals surface area contributed by atoms with Crippen LogP contribution in [0.4, 0.5) is 0 Å². The van der Waals surface area contributed by atoms with Crippen LogP contribution < -0.4 is 16.6 Å². The molecule has 178 valence electrons. The fourth-order valence-electron chi connectivity index (χ4n) is 8.70. The quantitative estimate of drug-likeness (QED) is 0.346. The van der Waals surface area contributed by atoms with E-state index >= 15 is 0 Å². The van der Waals surface area contributed by atoms with E-state index in [1.807, 2.05) is 14.0 Å². The third-order valence-corrected chi connectivity index (χ3v) is 10.2. The first-order valence-corrected chi connectivity index (χ1v) is 12.7. The van der Waals surface area contributed by atoms with Gasteiger partial charge < -0.3 is 15.2 Å². The number of aliphatic hydroxyl groups excluding tert-OH is 1. The molecule has 9 atom stereocenters. The largest absolute Gasteiger partial charge is 0.393 e. The van der Waals surface area contributed by atoms with Crippen molar-refractivity contribution in [1.29, 1.82) is 0 Å². The maximum atomic E-state index is 13.2. The summed E-state index contributed by atoms with van der Waals surface area (Å²) < 4.78 is 5.84. The van der Waals surface area contributed by atoms with Crippen LogP contribution in [-0.4, -0.2) is 49.8 Å². The summed E-state index contributed by atoms with van der Waals surface area (Å²) in [4.78, 5) is 13.2. The van der Waals surface area contributed by atoms with Crippen molar-refractivity contribution in [2.75, 3.05) is 26.8 Å². The van der Waals surface area contributed by atoms with Crippen molar-refractivity contribution in [3.05, 3.63) is 0 Å². The number of hydrogen-bond acceptors (Lipinski definition) is 6. The monoisotopic (exact) mass is 435 g/mol. The molecule has 0 spiro atoms. The molecule has 0 saturated heterocycles. The highest BCUT2D eigenvalue weighted by Gasteiger charge is 2.62. The lowest BCUT2D eigenvalue weighted by Gasteiger charge is -2.61. The Morgan fingerprint density at radius 3 is 2.71 bits per heavy atom. The fourth-order valence-corrected chi connectivity index (χ4v) is 8.70. The highest BCUT2D eigenvalue weighted by Crippen LogP contribution is 2.67. The van der Waals surface area contributed by atoms with Gasteiger partial charge >= 0.3 is 0 Å². The van der Waals surface area contributed by atoms with Crippen LogP contribution in [0.15, 0.2) is 0 Å². The Morgan fingerprint density at radius 2 is 1.97 bits per heavy atom. The third kappa shape index (κ3) is 4.12. The van der Waals surface area contributed by atoms with E-state index in [2.05, 4.69) is 17.7 Å². The zero-order chi connectivity index (χ0) is 22.2. The van der Waals surface area contributed by atoms with Crippen molar-refractivity contribution in [1.82, 2.24) is 10.7 Å². The summed E-state index contributed by atoms with van der Waals surface area (Å²) >= 11 is 0. The second-order valence-corrected chi connectivity index (χ2v) is 11.6. The second kappa shape index (κ2) is 9.38. The number of hydrazine groups is 1. The summed E-state index contributed by atoms with van der Waals surface area (Å²) in [5.74, 6) is 8.73. The number of carbonyl (C=O) groups excluding carboxylic acids is 1. The number of rotatable bonds is 8. The standard InChI is InChI=1S/C25H45N3O3/c1-16(28-26)13-27-14-23(30)22-7-6-20-19-5-4-17-12-18(29)8-11-25(17,15-31-3)21(19)9-10-24(20,22)2/h16-22,27-29H,4-15,26H2,1-3H3/t16?,17-,18+,19-,20-,21-,22+,24-,25+/m0/s1. The number of nitrogens with two attached hydrogens (primary N) is 1. The molecule has 0 bridgehead atoms. The zero-order valence-corrected chi connectivity index (χ0v) is 19.9. The Balaban J connectivity index is 1.48. The van der Waals surface area contributed by atoms with Crippen molar-refractivity contribution in [3.8, 4) is 0 Å². The molecule has 6 nitrogen and oxygen atoms in total. The first-order chi connectivity index (χ1) is 14.9. The van der Waals surface area contributed by atoms with Crippen molar-refractivity contribution in [3.63, 3.8) is 0 Å². The summed E-state index contributed by atoms with van der Waals surface area (Å²) in [6, 6.07) is 0.163. The van der Waals surface area contributed by atoms with Gasteiger partial charge in [0.1, 0.15) is 5.78 Å². The van der Waals surface area contributed by atoms with Crippen LogP contribution >= 0.6 is 0 Å². The van der Waals surface area contributed by atoms with E-state index in [9.17, 15) is 9.90 Å². The van der Waals surface area contributed by atoms with E-state index in [0.29, 0.717) is 42.5 Å². The smallest absolute Gasteiger partial charge is 0.150 e. The predicted octanol–water partition coefficient (Wildman–Crippen LogP) is 2.64. The highest BCUT2D eigenvalue weighted by atomic mass is 16.5.